The van der Waals surface area contributed by atoms with Crippen LogP contribution in [0.5, 0.6) is 0 Å². The van der Waals surface area contributed by atoms with Gasteiger partial charge in [0.25, 0.3) is 0 Å². The molecule has 0 saturated carbocycles. The molecule has 0 fully saturated rings. The first-order valence-electron chi connectivity index (χ1n) is 3.89. The quantitative estimate of drug-likeness (QED) is 0.696. The molecule has 0 radical (unpaired) electrons. The van der Waals surface area contributed by atoms with Gasteiger partial charge in [0.15, 0.2) is 5.78 Å². The molecule has 0 aromatic carbocycles. The SMILES string of the molecule is CC(=O)CO[PH](=O)O.CCCC. The van der Waals surface area contributed by atoms with E-state index < -0.39 is 8.25 Å². The van der Waals surface area contributed by atoms with Crippen molar-refractivity contribution in [3.63, 3.8) is 0 Å². The van der Waals surface area contributed by atoms with E-state index in [0.717, 1.165) is 0 Å². The number of unbranched alkanes of at least 4 members (excludes halogenated alkanes) is 1. The highest BCUT2D eigenvalue weighted by Gasteiger charge is 1.94. The molecular formula is C7H17O4P. The number of rotatable bonds is 4. The molecule has 74 valence electrons. The van der Waals surface area contributed by atoms with Gasteiger partial charge in [-0.2, -0.15) is 0 Å². The zero-order chi connectivity index (χ0) is 9.98. The topological polar surface area (TPSA) is 63.6 Å². The molecule has 0 aliphatic heterocycles. The molecule has 0 bridgehead atoms. The fourth-order valence-corrected chi connectivity index (χ4v) is 0.490. The number of hydrogen-bond donors (Lipinski definition) is 1. The summed E-state index contributed by atoms with van der Waals surface area (Å²) in [6.45, 7) is 5.37. The lowest BCUT2D eigenvalue weighted by Gasteiger charge is -1.91. The molecule has 0 aromatic rings. The molecule has 0 aromatic heterocycles. The van der Waals surface area contributed by atoms with Crippen molar-refractivity contribution >= 4 is 14.0 Å². The number of hydrogen-bond acceptors (Lipinski definition) is 3. The molecule has 0 aliphatic carbocycles. The average molecular weight is 196 g/mol. The standard InChI is InChI=1S/C4H10.C3H7O4P/c1-3-4-2;1-3(4)2-7-8(5)6/h3-4H2,1-2H3;8H,2H2,1H3,(H,5,6). The maximum absolute atomic E-state index is 9.99. The van der Waals surface area contributed by atoms with E-state index in [1.165, 1.54) is 19.8 Å². The summed E-state index contributed by atoms with van der Waals surface area (Å²) in [5.41, 5.74) is 0. The Morgan fingerprint density at radius 2 is 1.83 bits per heavy atom. The van der Waals surface area contributed by atoms with Crippen molar-refractivity contribution in [1.82, 2.24) is 0 Å². The Morgan fingerprint density at radius 1 is 1.42 bits per heavy atom. The maximum Gasteiger partial charge on any atom is 0.317 e. The van der Waals surface area contributed by atoms with Crippen LogP contribution < -0.4 is 0 Å². The zero-order valence-corrected chi connectivity index (χ0v) is 8.79. The smallest absolute Gasteiger partial charge is 0.317 e. The van der Waals surface area contributed by atoms with Gasteiger partial charge in [-0.15, -0.1) is 0 Å². The molecule has 5 heteroatoms. The molecule has 0 heterocycles. The summed E-state index contributed by atoms with van der Waals surface area (Å²) in [5.74, 6) is -0.252. The van der Waals surface area contributed by atoms with E-state index in [9.17, 15) is 9.36 Å². The third kappa shape index (κ3) is 22.6. The van der Waals surface area contributed by atoms with Gasteiger partial charge >= 0.3 is 8.25 Å². The van der Waals surface area contributed by atoms with Crippen LogP contribution in [0.15, 0.2) is 0 Å². The Balaban J connectivity index is 0. The van der Waals surface area contributed by atoms with Gasteiger partial charge in [-0.05, 0) is 6.92 Å². The summed E-state index contributed by atoms with van der Waals surface area (Å²) >= 11 is 0. The zero-order valence-electron chi connectivity index (χ0n) is 7.79. The highest BCUT2D eigenvalue weighted by atomic mass is 31.1. The predicted octanol–water partition coefficient (Wildman–Crippen LogP) is 1.78. The molecule has 1 N–H and O–H groups in total. The van der Waals surface area contributed by atoms with Gasteiger partial charge in [0.2, 0.25) is 0 Å². The molecule has 0 saturated heterocycles. The summed E-state index contributed by atoms with van der Waals surface area (Å²) in [7, 11) is -2.90. The summed E-state index contributed by atoms with van der Waals surface area (Å²) < 4.78 is 13.8. The molecular weight excluding hydrogens is 179 g/mol. The van der Waals surface area contributed by atoms with Crippen LogP contribution in [-0.2, 0) is 13.9 Å². The van der Waals surface area contributed by atoms with Crippen LogP contribution in [0.25, 0.3) is 0 Å². The average Bonchev–Trinajstić information content (AvgIpc) is 2.01. The first-order valence-corrected chi connectivity index (χ1v) is 5.16. The Hall–Kier alpha value is -0.180. The van der Waals surface area contributed by atoms with Gasteiger partial charge in [0.1, 0.15) is 6.61 Å². The van der Waals surface area contributed by atoms with E-state index in [2.05, 4.69) is 18.4 Å². The van der Waals surface area contributed by atoms with Gasteiger partial charge < -0.3 is 9.42 Å². The second-order valence-corrected chi connectivity index (χ2v) is 3.08. The lowest BCUT2D eigenvalue weighted by atomic mass is 10.4. The van der Waals surface area contributed by atoms with Gasteiger partial charge in [-0.25, -0.2) is 0 Å². The van der Waals surface area contributed by atoms with Gasteiger partial charge in [0, 0.05) is 0 Å². The minimum Gasteiger partial charge on any atom is -0.326 e. The van der Waals surface area contributed by atoms with E-state index in [-0.39, 0.29) is 12.4 Å². The van der Waals surface area contributed by atoms with Crippen LogP contribution in [-0.4, -0.2) is 17.3 Å². The molecule has 1 unspecified atom stereocenters. The van der Waals surface area contributed by atoms with Crippen LogP contribution >= 0.6 is 8.25 Å². The number of Topliss-reactive ketones (excluding diaryl/α,β-unsaturated/α-hetero) is 1. The Morgan fingerprint density at radius 3 is 1.92 bits per heavy atom. The van der Waals surface area contributed by atoms with Crippen LogP contribution in [0.1, 0.15) is 33.6 Å². The highest BCUT2D eigenvalue weighted by Crippen LogP contribution is 2.12. The van der Waals surface area contributed by atoms with Gasteiger partial charge in [-0.3, -0.25) is 9.36 Å². The lowest BCUT2D eigenvalue weighted by molar-refractivity contribution is -0.119. The fraction of sp³-hybridized carbons (Fsp3) is 0.857. The molecule has 12 heavy (non-hydrogen) atoms. The van der Waals surface area contributed by atoms with Crippen molar-refractivity contribution in [2.24, 2.45) is 0 Å². The number of carbonyl (C=O) groups is 1. The number of ketones is 1. The van der Waals surface area contributed by atoms with E-state index >= 15 is 0 Å². The van der Waals surface area contributed by atoms with E-state index in [1.54, 1.807) is 0 Å². The summed E-state index contributed by atoms with van der Waals surface area (Å²) in [5, 5.41) is 0. The fourth-order valence-electron chi connectivity index (χ4n) is 0.163. The normalized spacial score (nSPS) is 11.3. The van der Waals surface area contributed by atoms with Crippen molar-refractivity contribution in [1.29, 1.82) is 0 Å². The molecule has 4 nitrogen and oxygen atoms in total. The molecule has 1 atom stereocenters. The van der Waals surface area contributed by atoms with Crippen LogP contribution in [0.2, 0.25) is 0 Å². The Bertz CT molecular complexity index is 119. The monoisotopic (exact) mass is 196 g/mol. The molecule has 0 spiro atoms. The van der Waals surface area contributed by atoms with Gasteiger partial charge in [-0.1, -0.05) is 26.7 Å². The first kappa shape index (κ1) is 14.3. The van der Waals surface area contributed by atoms with Crippen molar-refractivity contribution in [3.05, 3.63) is 0 Å². The largest absolute Gasteiger partial charge is 0.326 e. The summed E-state index contributed by atoms with van der Waals surface area (Å²) in [6.07, 6.45) is 2.64. The number of carbonyl (C=O) groups excluding carboxylic acids is 1. The lowest BCUT2D eigenvalue weighted by Crippen LogP contribution is -1.97. The van der Waals surface area contributed by atoms with Crippen LogP contribution in [0.4, 0.5) is 0 Å². The van der Waals surface area contributed by atoms with Crippen molar-refractivity contribution in [2.75, 3.05) is 6.61 Å². The van der Waals surface area contributed by atoms with Crippen molar-refractivity contribution < 1.29 is 18.8 Å². The van der Waals surface area contributed by atoms with Gasteiger partial charge in [0.05, 0.1) is 0 Å². The second-order valence-electron chi connectivity index (χ2n) is 2.26. The third-order valence-electron chi connectivity index (χ3n) is 0.899. The predicted molar refractivity (Wildman–Crippen MR) is 48.4 cm³/mol. The first-order chi connectivity index (χ1) is 5.54. The Kier molecular flexibility index (Phi) is 12.9. The van der Waals surface area contributed by atoms with Crippen molar-refractivity contribution in [2.45, 2.75) is 33.6 Å². The third-order valence-corrected chi connectivity index (χ3v) is 1.29. The van der Waals surface area contributed by atoms with E-state index in [4.69, 9.17) is 4.89 Å². The molecule has 0 rings (SSSR count). The minimum absolute atomic E-state index is 0.252. The minimum atomic E-state index is -2.90. The van der Waals surface area contributed by atoms with Crippen molar-refractivity contribution in [3.8, 4) is 0 Å². The van der Waals surface area contributed by atoms with E-state index in [0.29, 0.717) is 0 Å². The molecule has 0 aliphatic rings. The van der Waals surface area contributed by atoms with Crippen LogP contribution in [0, 0.1) is 0 Å². The highest BCUT2D eigenvalue weighted by molar-refractivity contribution is 7.32. The molecule has 0 amide bonds. The summed E-state index contributed by atoms with van der Waals surface area (Å²) in [4.78, 5) is 18.0. The van der Waals surface area contributed by atoms with Crippen LogP contribution in [0.3, 0.4) is 0 Å². The maximum atomic E-state index is 9.99. The Labute approximate surface area is 73.9 Å². The second kappa shape index (κ2) is 10.8. The summed E-state index contributed by atoms with van der Waals surface area (Å²) in [6, 6.07) is 0. The van der Waals surface area contributed by atoms with E-state index in [1.807, 2.05) is 0 Å².